The fourth-order valence-electron chi connectivity index (χ4n) is 2.53. The van der Waals surface area contributed by atoms with Crippen LogP contribution < -0.4 is 0 Å². The van der Waals surface area contributed by atoms with E-state index in [1.165, 1.54) is 6.26 Å². The van der Waals surface area contributed by atoms with Crippen LogP contribution >= 0.6 is 0 Å². The molecule has 26 heavy (non-hydrogen) atoms. The van der Waals surface area contributed by atoms with Crippen molar-refractivity contribution in [3.05, 3.63) is 60.2 Å². The zero-order valence-electron chi connectivity index (χ0n) is 14.8. The van der Waals surface area contributed by atoms with E-state index in [9.17, 15) is 8.42 Å². The highest BCUT2D eigenvalue weighted by atomic mass is 32.2. The Labute approximate surface area is 152 Å². The summed E-state index contributed by atoms with van der Waals surface area (Å²) in [6, 6.07) is 10.7. The summed E-state index contributed by atoms with van der Waals surface area (Å²) < 4.78 is 28.5. The number of hydrogen-bond acceptors (Lipinski definition) is 7. The van der Waals surface area contributed by atoms with E-state index in [2.05, 4.69) is 20.0 Å². The molecule has 0 fully saturated rings. The molecule has 3 aromatic rings. The Morgan fingerprint density at radius 2 is 1.92 bits per heavy atom. The Hall–Kier alpha value is -2.58. The van der Waals surface area contributed by atoms with E-state index >= 15 is 0 Å². The molecule has 0 saturated heterocycles. The number of aromatic nitrogens is 3. The smallest absolute Gasteiger partial charge is 0.241 e. The maximum absolute atomic E-state index is 11.6. The number of pyridine rings is 1. The van der Waals surface area contributed by atoms with Crippen molar-refractivity contribution in [1.82, 2.24) is 20.0 Å². The van der Waals surface area contributed by atoms with Gasteiger partial charge in [-0.3, -0.25) is 9.88 Å². The number of benzene rings is 1. The van der Waals surface area contributed by atoms with Gasteiger partial charge in [-0.15, -0.1) is 0 Å². The van der Waals surface area contributed by atoms with Crippen LogP contribution in [-0.4, -0.2) is 41.7 Å². The summed E-state index contributed by atoms with van der Waals surface area (Å²) in [7, 11) is -1.24. The number of sulfone groups is 1. The van der Waals surface area contributed by atoms with Crippen molar-refractivity contribution in [3.63, 3.8) is 0 Å². The molecule has 0 spiro atoms. The third kappa shape index (κ3) is 4.14. The van der Waals surface area contributed by atoms with Crippen LogP contribution in [-0.2, 0) is 16.4 Å². The lowest BCUT2D eigenvalue weighted by atomic mass is 10.1. The van der Waals surface area contributed by atoms with Crippen LogP contribution in [0.25, 0.3) is 11.4 Å². The van der Waals surface area contributed by atoms with Gasteiger partial charge in [0.1, 0.15) is 0 Å². The molecule has 8 heteroatoms. The summed E-state index contributed by atoms with van der Waals surface area (Å²) in [6.45, 7) is 2.51. The van der Waals surface area contributed by atoms with Gasteiger partial charge in [-0.1, -0.05) is 17.3 Å². The highest BCUT2D eigenvalue weighted by Gasteiger charge is 2.17. The molecular weight excluding hydrogens is 352 g/mol. The maximum atomic E-state index is 11.6. The van der Waals surface area contributed by atoms with Crippen molar-refractivity contribution < 1.29 is 12.9 Å². The van der Waals surface area contributed by atoms with E-state index in [0.29, 0.717) is 23.2 Å². The molecule has 1 unspecified atom stereocenters. The Bertz CT molecular complexity index is 969. The summed E-state index contributed by atoms with van der Waals surface area (Å²) in [5.74, 6) is 1.01. The van der Waals surface area contributed by atoms with Crippen LogP contribution in [0.2, 0.25) is 0 Å². The lowest BCUT2D eigenvalue weighted by Gasteiger charge is -2.23. The molecule has 0 N–H and O–H groups in total. The third-order valence-corrected chi connectivity index (χ3v) is 5.35. The minimum Gasteiger partial charge on any atom is -0.338 e. The molecule has 0 radical (unpaired) electrons. The van der Waals surface area contributed by atoms with Gasteiger partial charge >= 0.3 is 0 Å². The van der Waals surface area contributed by atoms with Crippen LogP contribution in [0.4, 0.5) is 0 Å². The first-order valence-corrected chi connectivity index (χ1v) is 9.97. The van der Waals surface area contributed by atoms with Gasteiger partial charge in [-0.05, 0) is 43.8 Å². The first-order chi connectivity index (χ1) is 12.3. The molecule has 0 amide bonds. The summed E-state index contributed by atoms with van der Waals surface area (Å²) in [6.07, 6.45) is 4.58. The molecule has 1 aromatic carbocycles. The molecule has 0 saturated carbocycles. The minimum atomic E-state index is -3.19. The summed E-state index contributed by atoms with van der Waals surface area (Å²) >= 11 is 0. The first-order valence-electron chi connectivity index (χ1n) is 8.08. The Balaban J connectivity index is 1.70. The van der Waals surface area contributed by atoms with E-state index in [0.717, 1.165) is 11.1 Å². The van der Waals surface area contributed by atoms with Crippen LogP contribution in [0.5, 0.6) is 0 Å². The predicted octanol–water partition coefficient (Wildman–Crippen LogP) is 2.73. The van der Waals surface area contributed by atoms with E-state index in [1.54, 1.807) is 24.5 Å². The molecule has 3 rings (SSSR count). The fraction of sp³-hybridized carbons (Fsp3) is 0.278. The van der Waals surface area contributed by atoms with Crippen LogP contribution in [0.15, 0.2) is 58.2 Å². The fourth-order valence-corrected chi connectivity index (χ4v) is 3.16. The molecule has 0 aliphatic rings. The van der Waals surface area contributed by atoms with E-state index in [-0.39, 0.29) is 6.04 Å². The standard InChI is InChI=1S/C18H20N4O3S/c1-13(14-6-8-16(9-7-14)26(3,23)24)22(2)12-17-20-18(21-25-17)15-5-4-10-19-11-15/h4-11,13H,12H2,1-3H3. The van der Waals surface area contributed by atoms with Gasteiger partial charge in [0.15, 0.2) is 9.84 Å². The molecule has 136 valence electrons. The molecule has 1 atom stereocenters. The third-order valence-electron chi connectivity index (χ3n) is 4.22. The Morgan fingerprint density at radius 3 is 2.54 bits per heavy atom. The lowest BCUT2D eigenvalue weighted by molar-refractivity contribution is 0.216. The average Bonchev–Trinajstić information content (AvgIpc) is 3.09. The van der Waals surface area contributed by atoms with Crippen molar-refractivity contribution in [2.45, 2.75) is 24.4 Å². The molecule has 2 aromatic heterocycles. The SMILES string of the molecule is CC(c1ccc(S(C)(=O)=O)cc1)N(C)Cc1nc(-c2cccnc2)no1. The average molecular weight is 372 g/mol. The molecular formula is C18H20N4O3S. The second kappa shape index (κ2) is 7.35. The van der Waals surface area contributed by atoms with Gasteiger partial charge in [-0.2, -0.15) is 4.98 Å². The number of hydrogen-bond donors (Lipinski definition) is 0. The number of rotatable bonds is 6. The topological polar surface area (TPSA) is 89.2 Å². The molecule has 0 bridgehead atoms. The lowest BCUT2D eigenvalue weighted by Crippen LogP contribution is -2.22. The van der Waals surface area contributed by atoms with E-state index < -0.39 is 9.84 Å². The highest BCUT2D eigenvalue weighted by Crippen LogP contribution is 2.23. The van der Waals surface area contributed by atoms with Gasteiger partial charge in [0.25, 0.3) is 0 Å². The zero-order chi connectivity index (χ0) is 18.7. The van der Waals surface area contributed by atoms with E-state index in [1.807, 2.05) is 38.2 Å². The van der Waals surface area contributed by atoms with Crippen LogP contribution in [0.3, 0.4) is 0 Å². The quantitative estimate of drug-likeness (QED) is 0.657. The molecule has 7 nitrogen and oxygen atoms in total. The largest absolute Gasteiger partial charge is 0.338 e. The predicted molar refractivity (Wildman–Crippen MR) is 97.0 cm³/mol. The zero-order valence-corrected chi connectivity index (χ0v) is 15.6. The van der Waals surface area contributed by atoms with Gasteiger partial charge in [-0.25, -0.2) is 8.42 Å². The molecule has 2 heterocycles. The van der Waals surface area contributed by atoms with Crippen molar-refractivity contribution in [1.29, 1.82) is 0 Å². The normalized spacial score (nSPS) is 13.1. The summed E-state index contributed by atoms with van der Waals surface area (Å²) in [4.78, 5) is 10.8. The minimum absolute atomic E-state index is 0.0531. The van der Waals surface area contributed by atoms with Gasteiger partial charge in [0.2, 0.25) is 11.7 Å². The second-order valence-electron chi connectivity index (χ2n) is 6.19. The van der Waals surface area contributed by atoms with Crippen LogP contribution in [0, 0.1) is 0 Å². The monoisotopic (exact) mass is 372 g/mol. The van der Waals surface area contributed by atoms with Crippen molar-refractivity contribution in [2.24, 2.45) is 0 Å². The molecule has 0 aliphatic heterocycles. The Kier molecular flexibility index (Phi) is 5.15. The van der Waals surface area contributed by atoms with Crippen molar-refractivity contribution >= 4 is 9.84 Å². The summed E-state index contributed by atoms with van der Waals surface area (Å²) in [5.41, 5.74) is 1.81. The first kappa shape index (κ1) is 18.2. The van der Waals surface area contributed by atoms with E-state index in [4.69, 9.17) is 4.52 Å². The van der Waals surface area contributed by atoms with Gasteiger partial charge < -0.3 is 4.52 Å². The molecule has 0 aliphatic carbocycles. The summed E-state index contributed by atoms with van der Waals surface area (Å²) in [5, 5.41) is 3.99. The van der Waals surface area contributed by atoms with Crippen molar-refractivity contribution in [3.8, 4) is 11.4 Å². The van der Waals surface area contributed by atoms with Gasteiger partial charge in [0.05, 0.1) is 11.4 Å². The highest BCUT2D eigenvalue weighted by molar-refractivity contribution is 7.90. The number of nitrogens with zero attached hydrogens (tertiary/aromatic N) is 4. The maximum Gasteiger partial charge on any atom is 0.241 e. The van der Waals surface area contributed by atoms with Crippen LogP contribution in [0.1, 0.15) is 24.4 Å². The second-order valence-corrected chi connectivity index (χ2v) is 8.20. The van der Waals surface area contributed by atoms with Crippen molar-refractivity contribution in [2.75, 3.05) is 13.3 Å². The van der Waals surface area contributed by atoms with Gasteiger partial charge in [0, 0.05) is 30.3 Å². The Morgan fingerprint density at radius 1 is 1.19 bits per heavy atom.